The predicted molar refractivity (Wildman–Crippen MR) is 100 cm³/mol. The van der Waals surface area contributed by atoms with Crippen LogP contribution in [0.15, 0.2) is 23.8 Å². The van der Waals surface area contributed by atoms with Gasteiger partial charge in [-0.1, -0.05) is 31.3 Å². The molecule has 1 aromatic heterocycles. The molecule has 0 aliphatic rings. The van der Waals surface area contributed by atoms with Gasteiger partial charge in [0.05, 0.1) is 13.7 Å². The van der Waals surface area contributed by atoms with Crippen molar-refractivity contribution < 1.29 is 14.3 Å². The van der Waals surface area contributed by atoms with Crippen LogP contribution in [0, 0.1) is 11.3 Å². The third-order valence-corrected chi connectivity index (χ3v) is 4.46. The van der Waals surface area contributed by atoms with E-state index in [1.165, 1.54) is 24.5 Å². The number of carbonyl (C=O) groups excluding carboxylic acids is 1. The van der Waals surface area contributed by atoms with Gasteiger partial charge in [-0.25, -0.2) is 0 Å². The van der Waals surface area contributed by atoms with Crippen LogP contribution in [0.25, 0.3) is 6.08 Å². The van der Waals surface area contributed by atoms with Crippen molar-refractivity contribution in [2.75, 3.05) is 19.0 Å². The van der Waals surface area contributed by atoms with Gasteiger partial charge in [-0.2, -0.15) is 5.26 Å². The maximum atomic E-state index is 12.3. The van der Waals surface area contributed by atoms with E-state index in [0.29, 0.717) is 28.8 Å². The smallest absolute Gasteiger partial charge is 0.268 e. The van der Waals surface area contributed by atoms with Crippen LogP contribution in [0.3, 0.4) is 0 Å². The van der Waals surface area contributed by atoms with Crippen molar-refractivity contribution >= 4 is 28.5 Å². The van der Waals surface area contributed by atoms with Crippen LogP contribution in [0.5, 0.6) is 11.5 Å². The number of nitrogens with zero attached hydrogens (tertiary/aromatic N) is 3. The number of ether oxygens (including phenoxy) is 2. The van der Waals surface area contributed by atoms with Crippen molar-refractivity contribution in [3.63, 3.8) is 0 Å². The number of rotatable bonds is 7. The molecule has 136 valence electrons. The van der Waals surface area contributed by atoms with E-state index in [-0.39, 0.29) is 11.5 Å². The van der Waals surface area contributed by atoms with Gasteiger partial charge in [0.25, 0.3) is 5.91 Å². The molecule has 0 bridgehead atoms. The first-order valence-electron chi connectivity index (χ1n) is 8.05. The van der Waals surface area contributed by atoms with Crippen molar-refractivity contribution in [2.45, 2.75) is 26.7 Å². The lowest BCUT2D eigenvalue weighted by Gasteiger charge is -2.09. The molecule has 2 aromatic rings. The van der Waals surface area contributed by atoms with Crippen LogP contribution >= 0.6 is 11.3 Å². The van der Waals surface area contributed by atoms with Gasteiger partial charge in [0.1, 0.15) is 16.6 Å². The van der Waals surface area contributed by atoms with Gasteiger partial charge in [0, 0.05) is 5.92 Å². The Bertz CT molecular complexity index is 852. The lowest BCUT2D eigenvalue weighted by Crippen LogP contribution is -2.13. The third-order valence-electron chi connectivity index (χ3n) is 3.32. The highest BCUT2D eigenvalue weighted by Crippen LogP contribution is 2.29. The molecule has 1 amide bonds. The molecule has 1 aromatic carbocycles. The van der Waals surface area contributed by atoms with Crippen LogP contribution in [0.1, 0.15) is 37.3 Å². The number of anilines is 1. The molecule has 0 fully saturated rings. The summed E-state index contributed by atoms with van der Waals surface area (Å²) >= 11 is 1.29. The Balaban J connectivity index is 2.20. The molecule has 1 heterocycles. The molecule has 7 nitrogen and oxygen atoms in total. The number of hydrogen-bond acceptors (Lipinski definition) is 7. The van der Waals surface area contributed by atoms with E-state index in [0.717, 1.165) is 5.01 Å². The lowest BCUT2D eigenvalue weighted by molar-refractivity contribution is -0.112. The first kappa shape index (κ1) is 19.4. The van der Waals surface area contributed by atoms with Crippen LogP contribution in [-0.2, 0) is 4.79 Å². The van der Waals surface area contributed by atoms with Crippen molar-refractivity contribution in [2.24, 2.45) is 0 Å². The summed E-state index contributed by atoms with van der Waals surface area (Å²) in [6.07, 6.45) is 1.48. The summed E-state index contributed by atoms with van der Waals surface area (Å²) in [5, 5.41) is 21.1. The topological polar surface area (TPSA) is 97.1 Å². The number of methoxy groups -OCH3 is 1. The minimum Gasteiger partial charge on any atom is -0.493 e. The first-order chi connectivity index (χ1) is 12.5. The highest BCUT2D eigenvalue weighted by molar-refractivity contribution is 7.15. The minimum atomic E-state index is -0.535. The molecule has 26 heavy (non-hydrogen) atoms. The Morgan fingerprint density at radius 1 is 1.38 bits per heavy atom. The second-order valence-electron chi connectivity index (χ2n) is 5.57. The molecule has 0 radical (unpaired) electrons. The first-order valence-corrected chi connectivity index (χ1v) is 8.87. The summed E-state index contributed by atoms with van der Waals surface area (Å²) in [5.41, 5.74) is 0.606. The number of amides is 1. The van der Waals surface area contributed by atoms with E-state index in [9.17, 15) is 10.1 Å². The molecular formula is C18H20N4O3S. The number of benzene rings is 1. The average molecular weight is 372 g/mol. The van der Waals surface area contributed by atoms with Crippen LogP contribution in [-0.4, -0.2) is 29.8 Å². The fourth-order valence-corrected chi connectivity index (χ4v) is 2.79. The highest BCUT2D eigenvalue weighted by atomic mass is 32.1. The SMILES string of the molecule is CCOc1ccc(/C=C(/C#N)C(=O)Nc2nnc(C(C)C)s2)cc1OC. The average Bonchev–Trinajstić information content (AvgIpc) is 3.09. The Hall–Kier alpha value is -2.92. The number of aromatic nitrogens is 2. The molecule has 0 atom stereocenters. The summed E-state index contributed by atoms with van der Waals surface area (Å²) in [5.74, 6) is 0.821. The van der Waals surface area contributed by atoms with Gasteiger partial charge in [-0.05, 0) is 30.7 Å². The van der Waals surface area contributed by atoms with Gasteiger partial charge in [-0.3, -0.25) is 10.1 Å². The molecular weight excluding hydrogens is 352 g/mol. The van der Waals surface area contributed by atoms with Crippen LogP contribution < -0.4 is 14.8 Å². The maximum absolute atomic E-state index is 12.3. The van der Waals surface area contributed by atoms with Crippen molar-refractivity contribution in [1.82, 2.24) is 10.2 Å². The molecule has 0 unspecified atom stereocenters. The zero-order valence-electron chi connectivity index (χ0n) is 15.1. The molecule has 0 aliphatic carbocycles. The van der Waals surface area contributed by atoms with E-state index in [1.54, 1.807) is 18.2 Å². The van der Waals surface area contributed by atoms with Gasteiger partial charge < -0.3 is 9.47 Å². The summed E-state index contributed by atoms with van der Waals surface area (Å²) < 4.78 is 10.7. The fraction of sp³-hybridized carbons (Fsp3) is 0.333. The van der Waals surface area contributed by atoms with E-state index >= 15 is 0 Å². The van der Waals surface area contributed by atoms with E-state index in [1.807, 2.05) is 26.8 Å². The Kier molecular flexibility index (Phi) is 6.69. The van der Waals surface area contributed by atoms with Gasteiger partial charge >= 0.3 is 0 Å². The van der Waals surface area contributed by atoms with E-state index in [2.05, 4.69) is 15.5 Å². The van der Waals surface area contributed by atoms with Gasteiger partial charge in [-0.15, -0.1) is 10.2 Å². The molecule has 1 N–H and O–H groups in total. The van der Waals surface area contributed by atoms with E-state index < -0.39 is 5.91 Å². The molecule has 2 rings (SSSR count). The lowest BCUT2D eigenvalue weighted by atomic mass is 10.1. The molecule has 0 saturated carbocycles. The number of carbonyl (C=O) groups is 1. The summed E-state index contributed by atoms with van der Waals surface area (Å²) in [4.78, 5) is 12.3. The van der Waals surface area contributed by atoms with Crippen molar-refractivity contribution in [3.05, 3.63) is 34.3 Å². The quantitative estimate of drug-likeness (QED) is 0.589. The summed E-state index contributed by atoms with van der Waals surface area (Å²) in [6.45, 7) is 6.37. The second kappa shape index (κ2) is 8.97. The van der Waals surface area contributed by atoms with E-state index in [4.69, 9.17) is 9.47 Å². The normalized spacial score (nSPS) is 11.2. The monoisotopic (exact) mass is 372 g/mol. The predicted octanol–water partition coefficient (Wildman–Crippen LogP) is 3.61. The van der Waals surface area contributed by atoms with Gasteiger partial charge in [0.15, 0.2) is 11.5 Å². The van der Waals surface area contributed by atoms with Crippen molar-refractivity contribution in [3.8, 4) is 17.6 Å². The maximum Gasteiger partial charge on any atom is 0.268 e. The Morgan fingerprint density at radius 3 is 2.73 bits per heavy atom. The molecule has 0 spiro atoms. The van der Waals surface area contributed by atoms with Gasteiger partial charge in [0.2, 0.25) is 5.13 Å². The summed E-state index contributed by atoms with van der Waals surface area (Å²) in [7, 11) is 1.53. The highest BCUT2D eigenvalue weighted by Gasteiger charge is 2.14. The third kappa shape index (κ3) is 4.80. The number of nitrogens with one attached hydrogen (secondary N) is 1. The zero-order chi connectivity index (χ0) is 19.1. The second-order valence-corrected chi connectivity index (χ2v) is 6.58. The molecule has 0 aliphatic heterocycles. The zero-order valence-corrected chi connectivity index (χ0v) is 15.9. The Labute approximate surface area is 156 Å². The summed E-state index contributed by atoms with van der Waals surface area (Å²) in [6, 6.07) is 7.10. The fourth-order valence-electron chi connectivity index (χ4n) is 2.05. The number of nitriles is 1. The largest absolute Gasteiger partial charge is 0.493 e. The standard InChI is InChI=1S/C18H20N4O3S/c1-5-25-14-7-6-12(9-15(14)24-4)8-13(10-19)16(23)20-18-22-21-17(26-18)11(2)3/h6-9,11H,5H2,1-4H3,(H,20,22,23)/b13-8-. The van der Waals surface area contributed by atoms with Crippen LogP contribution in [0.2, 0.25) is 0 Å². The minimum absolute atomic E-state index is 0.0440. The number of hydrogen-bond donors (Lipinski definition) is 1. The Morgan fingerprint density at radius 2 is 2.15 bits per heavy atom. The molecule has 0 saturated heterocycles. The van der Waals surface area contributed by atoms with Crippen molar-refractivity contribution in [1.29, 1.82) is 5.26 Å². The molecule has 8 heteroatoms. The van der Waals surface area contributed by atoms with Crippen LogP contribution in [0.4, 0.5) is 5.13 Å².